The summed E-state index contributed by atoms with van der Waals surface area (Å²) >= 11 is 6.81. The van der Waals surface area contributed by atoms with E-state index in [0.717, 1.165) is 108 Å². The molecular formula is C65H106Br2N6O5. The molecule has 78 heavy (non-hydrogen) atoms. The van der Waals surface area contributed by atoms with E-state index in [-0.39, 0.29) is 12.1 Å². The fraction of sp³-hybridized carbons (Fsp3) is 0.631. The van der Waals surface area contributed by atoms with Crippen molar-refractivity contribution in [3.63, 3.8) is 0 Å². The molecule has 11 nitrogen and oxygen atoms in total. The molecular weight excluding hydrogens is 1100 g/mol. The van der Waals surface area contributed by atoms with Gasteiger partial charge in [-0.25, -0.2) is 0 Å². The Morgan fingerprint density at radius 2 is 0.885 bits per heavy atom. The molecule has 440 valence electrons. The Labute approximate surface area is 491 Å². The number of morpholine rings is 3. The molecule has 4 aromatic carbocycles. The third-order valence-corrected chi connectivity index (χ3v) is 15.5. The molecule has 5 unspecified atom stereocenters. The first-order valence-electron chi connectivity index (χ1n) is 29.8. The highest BCUT2D eigenvalue weighted by molar-refractivity contribution is 9.10. The second kappa shape index (κ2) is 41.1. The SMILES string of the molecule is CC(C)c1cccc(Br)c1.CCC1CCCCO1.CCC1CN(c2cccc(C(C)C)c2)CCO1.CCC1CN(c2cccc([C@H](C)N)c2)CCO1.CCC1CNCCO1.C[C@H](N)c1cccc(Br)c1.NCC1CCCCO1. The zero-order chi connectivity index (χ0) is 57.1. The van der Waals surface area contributed by atoms with Crippen molar-refractivity contribution in [2.45, 2.75) is 188 Å². The molecule has 7 atom stereocenters. The van der Waals surface area contributed by atoms with Crippen LogP contribution in [0.4, 0.5) is 11.4 Å². The Morgan fingerprint density at radius 1 is 0.487 bits per heavy atom. The van der Waals surface area contributed by atoms with Crippen LogP contribution in [0.3, 0.4) is 0 Å². The summed E-state index contributed by atoms with van der Waals surface area (Å²) in [5.41, 5.74) is 24.7. The highest BCUT2D eigenvalue weighted by Gasteiger charge is 2.21. The third kappa shape index (κ3) is 28.7. The van der Waals surface area contributed by atoms with E-state index in [0.29, 0.717) is 48.9 Å². The van der Waals surface area contributed by atoms with Gasteiger partial charge in [-0.3, -0.25) is 0 Å². The van der Waals surface area contributed by atoms with Crippen molar-refractivity contribution in [1.29, 1.82) is 0 Å². The maximum Gasteiger partial charge on any atom is 0.0748 e. The lowest BCUT2D eigenvalue weighted by atomic mass is 10.0. The summed E-state index contributed by atoms with van der Waals surface area (Å²) in [6.07, 6.45) is 14.3. The van der Waals surface area contributed by atoms with Gasteiger partial charge in [0, 0.05) is 91.4 Å². The number of halogens is 2. The maximum absolute atomic E-state index is 5.92. The van der Waals surface area contributed by atoms with Gasteiger partial charge >= 0.3 is 0 Å². The lowest BCUT2D eigenvalue weighted by Crippen LogP contribution is -2.42. The Kier molecular flexibility index (Phi) is 36.6. The molecule has 5 fully saturated rings. The molecule has 0 radical (unpaired) electrons. The van der Waals surface area contributed by atoms with E-state index < -0.39 is 0 Å². The van der Waals surface area contributed by atoms with Crippen LogP contribution in [0, 0.1) is 0 Å². The van der Waals surface area contributed by atoms with Crippen LogP contribution in [0.1, 0.15) is 180 Å². The molecule has 5 saturated heterocycles. The number of benzene rings is 4. The first kappa shape index (κ1) is 69.3. The average Bonchev–Trinajstić information content (AvgIpc) is 3.49. The molecule has 5 heterocycles. The number of rotatable bonds is 11. The largest absolute Gasteiger partial charge is 0.378 e. The summed E-state index contributed by atoms with van der Waals surface area (Å²) in [6, 6.07) is 34.1. The quantitative estimate of drug-likeness (QED) is 0.114. The van der Waals surface area contributed by atoms with Gasteiger partial charge in [0.15, 0.2) is 0 Å². The Hall–Kier alpha value is -2.92. The highest BCUT2D eigenvalue weighted by atomic mass is 79.9. The summed E-state index contributed by atoms with van der Waals surface area (Å²) in [4.78, 5) is 4.84. The van der Waals surface area contributed by atoms with Crippen molar-refractivity contribution in [2.75, 3.05) is 88.6 Å². The van der Waals surface area contributed by atoms with E-state index in [1.807, 2.05) is 44.2 Å². The van der Waals surface area contributed by atoms with E-state index >= 15 is 0 Å². The molecule has 0 spiro atoms. The third-order valence-electron chi connectivity index (χ3n) is 14.5. The summed E-state index contributed by atoms with van der Waals surface area (Å²) in [7, 11) is 0. The lowest BCUT2D eigenvalue weighted by molar-refractivity contribution is 0.0142. The van der Waals surface area contributed by atoms with Crippen LogP contribution < -0.4 is 32.3 Å². The standard InChI is InChI=1S/C15H23NO.C14H22N2O.C9H11Br.C8H10BrN.C7H14O.2C6H13NO/c1-4-15-11-16(8-9-17-15)14-7-5-6-13(10-14)12(2)3;1-3-14-10-16(7-8-17-14)13-6-4-5-12(9-13)11(2)15;1-7(2)8-4-3-5-9(10)6-8;1-6(10)7-3-2-4-8(9)5-7;1-2-7-5-3-4-6-8-7;1-2-6-5-7-3-4-8-6;7-5-6-3-1-2-4-8-6/h5-7,10,12,15H,4,8-9,11H2,1-3H3;4-6,9,11,14H,3,7-8,10,15H2,1-2H3;3-7H,1-2H3;2-6H,10H2,1H3;7H,2-6H2,1H3;6-7H,2-5H2,1H3;6H,1-5,7H2/t;11-,14?;;6-;;;/m.0.0.../s1. The fourth-order valence-corrected chi connectivity index (χ4v) is 9.98. The number of nitrogens with zero attached hydrogens (tertiary/aromatic N) is 2. The van der Waals surface area contributed by atoms with Crippen LogP contribution in [0.25, 0.3) is 0 Å². The molecule has 5 aliphatic rings. The first-order valence-corrected chi connectivity index (χ1v) is 31.4. The van der Waals surface area contributed by atoms with Gasteiger partial charge in [0.05, 0.1) is 50.3 Å². The lowest BCUT2D eigenvalue weighted by Gasteiger charge is -2.34. The zero-order valence-electron chi connectivity index (χ0n) is 49.9. The zero-order valence-corrected chi connectivity index (χ0v) is 53.1. The van der Waals surface area contributed by atoms with Crippen molar-refractivity contribution in [1.82, 2.24) is 5.32 Å². The molecule has 7 N–H and O–H groups in total. The minimum Gasteiger partial charge on any atom is -0.378 e. The van der Waals surface area contributed by atoms with Crippen LogP contribution >= 0.6 is 31.9 Å². The normalized spacial score (nSPS) is 21.8. The number of nitrogens with one attached hydrogen (secondary N) is 1. The summed E-state index contributed by atoms with van der Waals surface area (Å²) in [5.74, 6) is 1.22. The predicted octanol–water partition coefficient (Wildman–Crippen LogP) is 14.7. The second-order valence-corrected chi connectivity index (χ2v) is 23.4. The van der Waals surface area contributed by atoms with E-state index in [9.17, 15) is 0 Å². The highest BCUT2D eigenvalue weighted by Crippen LogP contribution is 2.25. The molecule has 0 aromatic heterocycles. The monoisotopic (exact) mass is 1210 g/mol. The Balaban J connectivity index is 0.000000245. The molecule has 0 saturated carbocycles. The molecule has 0 amide bonds. The van der Waals surface area contributed by atoms with Crippen LogP contribution in [-0.4, -0.2) is 109 Å². The summed E-state index contributed by atoms with van der Waals surface area (Å²) in [5, 5.41) is 3.26. The number of ether oxygens (including phenoxy) is 5. The van der Waals surface area contributed by atoms with Crippen molar-refractivity contribution in [2.24, 2.45) is 17.2 Å². The fourth-order valence-electron chi connectivity index (χ4n) is 9.15. The van der Waals surface area contributed by atoms with E-state index in [2.05, 4.69) is 169 Å². The van der Waals surface area contributed by atoms with E-state index in [1.165, 1.54) is 71.1 Å². The van der Waals surface area contributed by atoms with Gasteiger partial charge < -0.3 is 56.0 Å². The van der Waals surface area contributed by atoms with Gasteiger partial charge in [0.25, 0.3) is 0 Å². The van der Waals surface area contributed by atoms with Gasteiger partial charge in [-0.15, -0.1) is 0 Å². The summed E-state index contributed by atoms with van der Waals surface area (Å²) < 4.78 is 29.7. The molecule has 13 heteroatoms. The van der Waals surface area contributed by atoms with Gasteiger partial charge in [0.1, 0.15) is 0 Å². The van der Waals surface area contributed by atoms with Crippen LogP contribution in [0.2, 0.25) is 0 Å². The van der Waals surface area contributed by atoms with Gasteiger partial charge in [-0.05, 0) is 161 Å². The van der Waals surface area contributed by atoms with Crippen molar-refractivity contribution < 1.29 is 23.7 Å². The molecule has 0 bridgehead atoms. The average molecular weight is 1210 g/mol. The van der Waals surface area contributed by atoms with Gasteiger partial charge in [-0.2, -0.15) is 0 Å². The minimum atomic E-state index is 0.0953. The van der Waals surface area contributed by atoms with Gasteiger partial charge in [-0.1, -0.05) is 136 Å². The summed E-state index contributed by atoms with van der Waals surface area (Å²) in [6.45, 7) is 32.8. The molecule has 4 aromatic rings. The Morgan fingerprint density at radius 3 is 1.22 bits per heavy atom. The number of hydrogen-bond acceptors (Lipinski definition) is 11. The van der Waals surface area contributed by atoms with Crippen molar-refractivity contribution in [3.8, 4) is 0 Å². The van der Waals surface area contributed by atoms with Gasteiger partial charge in [0.2, 0.25) is 0 Å². The second-order valence-electron chi connectivity index (χ2n) is 21.6. The van der Waals surface area contributed by atoms with Crippen LogP contribution in [0.5, 0.6) is 0 Å². The molecule has 9 rings (SSSR count). The topological polar surface area (TPSA) is 143 Å². The number of nitrogens with two attached hydrogens (primary N) is 3. The van der Waals surface area contributed by atoms with E-state index in [4.69, 9.17) is 40.9 Å². The van der Waals surface area contributed by atoms with E-state index in [1.54, 1.807) is 0 Å². The van der Waals surface area contributed by atoms with Crippen LogP contribution in [-0.2, 0) is 23.7 Å². The molecule has 5 aliphatic heterocycles. The smallest absolute Gasteiger partial charge is 0.0748 e. The van der Waals surface area contributed by atoms with Crippen LogP contribution in [0.15, 0.2) is 106 Å². The number of anilines is 2. The maximum atomic E-state index is 5.92. The molecule has 0 aliphatic carbocycles. The Bertz CT molecular complexity index is 1950. The minimum absolute atomic E-state index is 0.0953. The van der Waals surface area contributed by atoms with Crippen molar-refractivity contribution in [3.05, 3.63) is 128 Å². The first-order chi connectivity index (χ1) is 37.6. The predicted molar refractivity (Wildman–Crippen MR) is 338 cm³/mol. The van der Waals surface area contributed by atoms with Crippen molar-refractivity contribution >= 4 is 43.2 Å². The number of hydrogen-bond donors (Lipinski definition) is 4.